The van der Waals surface area contributed by atoms with E-state index in [2.05, 4.69) is 5.32 Å². The van der Waals surface area contributed by atoms with Crippen LogP contribution in [0.15, 0.2) is 0 Å². The summed E-state index contributed by atoms with van der Waals surface area (Å²) in [4.78, 5) is 10.8. The van der Waals surface area contributed by atoms with Gasteiger partial charge in [0.25, 0.3) is 0 Å². The first-order valence-electron chi connectivity index (χ1n) is 3.32. The molecule has 3 N–H and O–H groups in total. The molecule has 9 heavy (non-hydrogen) atoms. The Morgan fingerprint density at radius 2 is 2.56 bits per heavy atom. The molecule has 0 aliphatic carbocycles. The van der Waals surface area contributed by atoms with Crippen molar-refractivity contribution in [2.24, 2.45) is 11.7 Å². The van der Waals surface area contributed by atoms with E-state index >= 15 is 0 Å². The number of hydrogen-bond acceptors (Lipinski definition) is 2. The van der Waals surface area contributed by atoms with Crippen LogP contribution in [-0.2, 0) is 4.79 Å². The van der Waals surface area contributed by atoms with Gasteiger partial charge in [0.15, 0.2) is 0 Å². The van der Waals surface area contributed by atoms with E-state index in [-0.39, 0.29) is 11.8 Å². The molecular weight excluding hydrogens is 116 g/mol. The van der Waals surface area contributed by atoms with Gasteiger partial charge in [0.05, 0.1) is 5.92 Å². The zero-order chi connectivity index (χ0) is 6.69. The maximum atomic E-state index is 10.8. The summed E-state index contributed by atoms with van der Waals surface area (Å²) in [6, 6.07) is 0. The Morgan fingerprint density at radius 3 is 3.00 bits per heavy atom. The van der Waals surface area contributed by atoms with Crippen LogP contribution in [0.1, 0.15) is 12.8 Å². The molecule has 1 aliphatic rings. The fourth-order valence-corrected chi connectivity index (χ4v) is 1.06. The van der Waals surface area contributed by atoms with Crippen LogP contribution >= 0.6 is 0 Å². The molecule has 0 unspecified atom stereocenters. The summed E-state index contributed by atoms with van der Waals surface area (Å²) in [6.45, 7) is 1.32. The Kier molecular flexibility index (Phi) is 2.05. The van der Waals surface area contributed by atoms with Gasteiger partial charge in [-0.2, -0.15) is 0 Å². The molecule has 1 amide bonds. The molecule has 0 aromatic rings. The molecule has 3 nitrogen and oxygen atoms in total. The monoisotopic (exact) mass is 128 g/mol. The summed E-state index contributed by atoms with van der Waals surface area (Å²) in [6.07, 6.45) is 2.04. The van der Waals surface area contributed by atoms with E-state index in [1.54, 1.807) is 0 Å². The highest BCUT2D eigenvalue weighted by Crippen LogP contribution is 2.08. The van der Waals surface area contributed by atoms with Gasteiger partial charge in [-0.05, 0) is 12.8 Å². The van der Waals surface area contributed by atoms with Crippen LogP contribution in [0.25, 0.3) is 0 Å². The third-order valence-corrected chi connectivity index (χ3v) is 1.68. The summed E-state index contributed by atoms with van der Waals surface area (Å²) in [5, 5.41) is 2.76. The molecule has 52 valence electrons. The minimum absolute atomic E-state index is 0.0822. The molecule has 1 aliphatic heterocycles. The van der Waals surface area contributed by atoms with Crippen LogP contribution in [0.5, 0.6) is 0 Å². The average molecular weight is 128 g/mol. The molecule has 3 heteroatoms. The number of carbonyl (C=O) groups excluding carboxylic acids is 1. The number of nitrogens with two attached hydrogens (primary N) is 1. The van der Waals surface area contributed by atoms with Crippen molar-refractivity contribution < 1.29 is 4.79 Å². The first-order valence-corrected chi connectivity index (χ1v) is 3.32. The van der Waals surface area contributed by atoms with Gasteiger partial charge in [-0.3, -0.25) is 4.79 Å². The zero-order valence-electron chi connectivity index (χ0n) is 5.39. The molecule has 0 radical (unpaired) electrons. The highest BCUT2D eigenvalue weighted by Gasteiger charge is 2.19. The summed E-state index contributed by atoms with van der Waals surface area (Å²) >= 11 is 0. The number of piperidine rings is 1. The fourth-order valence-electron chi connectivity index (χ4n) is 1.06. The smallest absolute Gasteiger partial charge is 0.224 e. The first-order chi connectivity index (χ1) is 4.34. The number of rotatable bonds is 1. The van der Waals surface area contributed by atoms with Gasteiger partial charge in [-0.15, -0.1) is 0 Å². The van der Waals surface area contributed by atoms with E-state index in [0.717, 1.165) is 19.4 Å². The molecule has 0 bridgehead atoms. The Hall–Kier alpha value is -0.570. The standard InChI is InChI=1S/C6H12N2O/c7-4-5-2-1-3-8-6(5)9/h5H,1-4,7H2,(H,8,9)/t5-/m0/s1. The Balaban J connectivity index is 2.39. The molecular formula is C6H12N2O. The van der Waals surface area contributed by atoms with E-state index < -0.39 is 0 Å². The highest BCUT2D eigenvalue weighted by atomic mass is 16.1. The van der Waals surface area contributed by atoms with Crippen molar-refractivity contribution in [1.82, 2.24) is 5.32 Å². The van der Waals surface area contributed by atoms with Crippen molar-refractivity contribution in [3.63, 3.8) is 0 Å². The minimum Gasteiger partial charge on any atom is -0.356 e. The van der Waals surface area contributed by atoms with Crippen LogP contribution in [-0.4, -0.2) is 19.0 Å². The fraction of sp³-hybridized carbons (Fsp3) is 0.833. The van der Waals surface area contributed by atoms with E-state index in [9.17, 15) is 4.79 Å². The third-order valence-electron chi connectivity index (χ3n) is 1.68. The lowest BCUT2D eigenvalue weighted by Crippen LogP contribution is -2.39. The van der Waals surface area contributed by atoms with Crippen LogP contribution in [0.2, 0.25) is 0 Å². The minimum atomic E-state index is 0.0822. The molecule has 0 saturated carbocycles. The lowest BCUT2D eigenvalue weighted by molar-refractivity contribution is -0.126. The highest BCUT2D eigenvalue weighted by molar-refractivity contribution is 5.79. The van der Waals surface area contributed by atoms with Gasteiger partial charge in [0, 0.05) is 13.1 Å². The number of carbonyl (C=O) groups is 1. The van der Waals surface area contributed by atoms with Gasteiger partial charge in [0.1, 0.15) is 0 Å². The lowest BCUT2D eigenvalue weighted by Gasteiger charge is -2.19. The topological polar surface area (TPSA) is 55.1 Å². The Bertz CT molecular complexity index is 114. The van der Waals surface area contributed by atoms with Crippen molar-refractivity contribution in [3.05, 3.63) is 0 Å². The maximum Gasteiger partial charge on any atom is 0.224 e. The predicted molar refractivity (Wildman–Crippen MR) is 34.8 cm³/mol. The average Bonchev–Trinajstić information content (AvgIpc) is 1.89. The second kappa shape index (κ2) is 2.82. The van der Waals surface area contributed by atoms with Gasteiger partial charge in [0.2, 0.25) is 5.91 Å². The second-order valence-electron chi connectivity index (χ2n) is 2.37. The van der Waals surface area contributed by atoms with Gasteiger partial charge in [-0.25, -0.2) is 0 Å². The molecule has 1 heterocycles. The predicted octanol–water partition coefficient (Wildman–Crippen LogP) is -0.529. The van der Waals surface area contributed by atoms with Crippen LogP contribution in [0.4, 0.5) is 0 Å². The van der Waals surface area contributed by atoms with Crippen molar-refractivity contribution in [2.75, 3.05) is 13.1 Å². The van der Waals surface area contributed by atoms with Crippen molar-refractivity contribution in [2.45, 2.75) is 12.8 Å². The molecule has 1 fully saturated rings. The van der Waals surface area contributed by atoms with Crippen LogP contribution in [0.3, 0.4) is 0 Å². The lowest BCUT2D eigenvalue weighted by atomic mass is 9.99. The number of amides is 1. The normalized spacial score (nSPS) is 27.7. The number of hydrogen-bond donors (Lipinski definition) is 2. The molecule has 1 atom stereocenters. The summed E-state index contributed by atoms with van der Waals surface area (Å²) < 4.78 is 0. The third kappa shape index (κ3) is 1.42. The summed E-state index contributed by atoms with van der Waals surface area (Å²) in [5.41, 5.74) is 5.33. The molecule has 1 rings (SSSR count). The van der Waals surface area contributed by atoms with E-state index in [1.165, 1.54) is 0 Å². The second-order valence-corrected chi connectivity index (χ2v) is 2.37. The molecule has 0 aromatic carbocycles. The van der Waals surface area contributed by atoms with Crippen LogP contribution < -0.4 is 11.1 Å². The van der Waals surface area contributed by atoms with Gasteiger partial charge < -0.3 is 11.1 Å². The van der Waals surface area contributed by atoms with E-state index in [4.69, 9.17) is 5.73 Å². The molecule has 1 saturated heterocycles. The SMILES string of the molecule is NC[C@@H]1CCCNC1=O. The van der Waals surface area contributed by atoms with Crippen molar-refractivity contribution >= 4 is 5.91 Å². The Labute approximate surface area is 54.6 Å². The molecule has 0 aromatic heterocycles. The summed E-state index contributed by atoms with van der Waals surface area (Å²) in [5.74, 6) is 0.211. The quantitative estimate of drug-likeness (QED) is 0.499. The van der Waals surface area contributed by atoms with Crippen molar-refractivity contribution in [1.29, 1.82) is 0 Å². The van der Waals surface area contributed by atoms with Crippen molar-refractivity contribution in [3.8, 4) is 0 Å². The largest absolute Gasteiger partial charge is 0.356 e. The maximum absolute atomic E-state index is 10.8. The van der Waals surface area contributed by atoms with Gasteiger partial charge in [-0.1, -0.05) is 0 Å². The van der Waals surface area contributed by atoms with Crippen LogP contribution in [0, 0.1) is 5.92 Å². The van der Waals surface area contributed by atoms with Gasteiger partial charge >= 0.3 is 0 Å². The van der Waals surface area contributed by atoms with E-state index in [1.807, 2.05) is 0 Å². The van der Waals surface area contributed by atoms with E-state index in [0.29, 0.717) is 6.54 Å². The molecule has 0 spiro atoms. The zero-order valence-corrected chi connectivity index (χ0v) is 5.39. The number of nitrogens with one attached hydrogen (secondary N) is 1. The Morgan fingerprint density at radius 1 is 1.78 bits per heavy atom. The first kappa shape index (κ1) is 6.55. The summed E-state index contributed by atoms with van der Waals surface area (Å²) in [7, 11) is 0.